The largest absolute Gasteiger partial charge is 0.491 e. The van der Waals surface area contributed by atoms with Crippen LogP contribution in [0.2, 0.25) is 0 Å². The van der Waals surface area contributed by atoms with Gasteiger partial charge in [0, 0.05) is 10.1 Å². The van der Waals surface area contributed by atoms with Crippen molar-refractivity contribution in [2.24, 2.45) is 0 Å². The highest BCUT2D eigenvalue weighted by atomic mass is 127. The average Bonchev–Trinajstić information content (AvgIpc) is 2.84. The summed E-state index contributed by atoms with van der Waals surface area (Å²) in [5.74, 6) is 0.839. The van der Waals surface area contributed by atoms with Crippen molar-refractivity contribution >= 4 is 28.7 Å². The fraction of sp³-hybridized carbons (Fsp3) is 0.562. The van der Waals surface area contributed by atoms with E-state index in [0.717, 1.165) is 25.1 Å². The summed E-state index contributed by atoms with van der Waals surface area (Å²) in [7, 11) is 0. The maximum Gasteiger partial charge on any atom is 0.410 e. The van der Waals surface area contributed by atoms with Crippen LogP contribution in [0.1, 0.15) is 33.6 Å². The minimum Gasteiger partial charge on any atom is -0.491 e. The first-order valence-corrected chi connectivity index (χ1v) is 8.31. The standard InChI is InChI=1S/C16H22INO3/c1-16(2,3)21-15(19)18-10-4-5-13(18)11-20-14-8-6-12(17)7-9-14/h6-9,13H,4-5,10-11H2,1-3H3. The molecule has 21 heavy (non-hydrogen) atoms. The molecule has 1 fully saturated rings. The Balaban J connectivity index is 1.90. The van der Waals surface area contributed by atoms with E-state index in [0.29, 0.717) is 6.61 Å². The highest BCUT2D eigenvalue weighted by Gasteiger charge is 2.32. The third kappa shape index (κ3) is 5.05. The summed E-state index contributed by atoms with van der Waals surface area (Å²) in [6, 6.07) is 8.02. The molecule has 0 aliphatic carbocycles. The second-order valence-corrected chi connectivity index (χ2v) is 7.48. The fourth-order valence-corrected chi connectivity index (χ4v) is 2.65. The molecule has 1 unspecified atom stereocenters. The summed E-state index contributed by atoms with van der Waals surface area (Å²) >= 11 is 2.26. The van der Waals surface area contributed by atoms with Gasteiger partial charge in [0.2, 0.25) is 0 Å². The molecule has 5 heteroatoms. The van der Waals surface area contributed by atoms with Gasteiger partial charge >= 0.3 is 6.09 Å². The Bertz CT molecular complexity index is 481. The zero-order valence-corrected chi connectivity index (χ0v) is 14.9. The van der Waals surface area contributed by atoms with Crippen LogP contribution in [-0.4, -0.2) is 35.8 Å². The van der Waals surface area contributed by atoms with Gasteiger partial charge in [-0.05, 0) is 80.5 Å². The van der Waals surface area contributed by atoms with E-state index in [2.05, 4.69) is 22.6 Å². The number of nitrogens with zero attached hydrogens (tertiary/aromatic N) is 1. The number of rotatable bonds is 3. The lowest BCUT2D eigenvalue weighted by atomic mass is 10.2. The monoisotopic (exact) mass is 403 g/mol. The molecule has 1 aromatic rings. The first-order valence-electron chi connectivity index (χ1n) is 7.23. The number of amides is 1. The molecule has 0 aromatic heterocycles. The SMILES string of the molecule is CC(C)(C)OC(=O)N1CCCC1COc1ccc(I)cc1. The maximum atomic E-state index is 12.2. The van der Waals surface area contributed by atoms with Gasteiger partial charge in [-0.15, -0.1) is 0 Å². The smallest absolute Gasteiger partial charge is 0.410 e. The molecule has 1 amide bonds. The van der Waals surface area contributed by atoms with E-state index in [4.69, 9.17) is 9.47 Å². The van der Waals surface area contributed by atoms with E-state index >= 15 is 0 Å². The Morgan fingerprint density at radius 2 is 2.00 bits per heavy atom. The summed E-state index contributed by atoms with van der Waals surface area (Å²) in [5.41, 5.74) is -0.457. The van der Waals surface area contributed by atoms with E-state index in [9.17, 15) is 4.79 Å². The average molecular weight is 403 g/mol. The van der Waals surface area contributed by atoms with Crippen molar-refractivity contribution in [3.05, 3.63) is 27.8 Å². The Morgan fingerprint density at radius 1 is 1.33 bits per heavy atom. The number of ether oxygens (including phenoxy) is 2. The van der Waals surface area contributed by atoms with Crippen LogP contribution in [-0.2, 0) is 4.74 Å². The normalized spacial score (nSPS) is 18.7. The quantitative estimate of drug-likeness (QED) is 0.715. The lowest BCUT2D eigenvalue weighted by Gasteiger charge is -2.28. The van der Waals surface area contributed by atoms with Crippen molar-refractivity contribution in [2.75, 3.05) is 13.2 Å². The van der Waals surface area contributed by atoms with Crippen LogP contribution in [0.4, 0.5) is 4.79 Å². The molecule has 0 spiro atoms. The third-order valence-electron chi connectivity index (χ3n) is 3.26. The Morgan fingerprint density at radius 3 is 2.62 bits per heavy atom. The Hall–Kier alpha value is -0.980. The van der Waals surface area contributed by atoms with Gasteiger partial charge in [0.05, 0.1) is 6.04 Å². The van der Waals surface area contributed by atoms with Crippen molar-refractivity contribution < 1.29 is 14.3 Å². The Labute approximate surface area is 139 Å². The van der Waals surface area contributed by atoms with Crippen molar-refractivity contribution in [1.82, 2.24) is 4.90 Å². The van der Waals surface area contributed by atoms with Crippen molar-refractivity contribution in [3.8, 4) is 5.75 Å². The van der Waals surface area contributed by atoms with Gasteiger partial charge in [-0.25, -0.2) is 4.79 Å². The minimum absolute atomic E-state index is 0.0964. The summed E-state index contributed by atoms with van der Waals surface area (Å²) in [4.78, 5) is 14.0. The number of carbonyl (C=O) groups excluding carboxylic acids is 1. The molecule has 4 nitrogen and oxygen atoms in total. The fourth-order valence-electron chi connectivity index (χ4n) is 2.29. The van der Waals surface area contributed by atoms with Crippen LogP contribution in [0.15, 0.2) is 24.3 Å². The minimum atomic E-state index is -0.457. The van der Waals surface area contributed by atoms with Gasteiger partial charge in [0.15, 0.2) is 0 Å². The summed E-state index contributed by atoms with van der Waals surface area (Å²) < 4.78 is 12.4. The van der Waals surface area contributed by atoms with Crippen LogP contribution in [0.5, 0.6) is 5.75 Å². The lowest BCUT2D eigenvalue weighted by molar-refractivity contribution is 0.0187. The van der Waals surface area contributed by atoms with Crippen LogP contribution in [0, 0.1) is 3.57 Å². The van der Waals surface area contributed by atoms with Crippen LogP contribution in [0.25, 0.3) is 0 Å². The first kappa shape index (κ1) is 16.4. The predicted octanol–water partition coefficient (Wildman–Crippen LogP) is 4.07. The summed E-state index contributed by atoms with van der Waals surface area (Å²) in [6.45, 7) is 6.92. The van der Waals surface area contributed by atoms with E-state index in [-0.39, 0.29) is 12.1 Å². The second-order valence-electron chi connectivity index (χ2n) is 6.23. The summed E-state index contributed by atoms with van der Waals surface area (Å²) in [5, 5.41) is 0. The maximum absolute atomic E-state index is 12.2. The van der Waals surface area contributed by atoms with Crippen LogP contribution >= 0.6 is 22.6 Å². The molecule has 1 saturated heterocycles. The number of carbonyl (C=O) groups is 1. The lowest BCUT2D eigenvalue weighted by Crippen LogP contribution is -2.42. The zero-order chi connectivity index (χ0) is 15.5. The molecule has 1 aromatic carbocycles. The molecule has 0 N–H and O–H groups in total. The van der Waals surface area contributed by atoms with Gasteiger partial charge in [-0.1, -0.05) is 0 Å². The highest BCUT2D eigenvalue weighted by molar-refractivity contribution is 14.1. The van der Waals surface area contributed by atoms with Crippen molar-refractivity contribution in [2.45, 2.75) is 45.3 Å². The number of halogens is 1. The van der Waals surface area contributed by atoms with E-state index < -0.39 is 5.60 Å². The van der Waals surface area contributed by atoms with Gasteiger partial charge in [0.25, 0.3) is 0 Å². The number of benzene rings is 1. The van der Waals surface area contributed by atoms with E-state index in [1.54, 1.807) is 4.90 Å². The molecule has 1 aliphatic heterocycles. The molecule has 0 radical (unpaired) electrons. The number of likely N-dealkylation sites (tertiary alicyclic amines) is 1. The summed E-state index contributed by atoms with van der Waals surface area (Å²) in [6.07, 6.45) is 1.72. The third-order valence-corrected chi connectivity index (χ3v) is 3.98. The van der Waals surface area contributed by atoms with Gasteiger partial charge in [-0.3, -0.25) is 0 Å². The molecular weight excluding hydrogens is 381 g/mol. The molecular formula is C16H22INO3. The van der Waals surface area contributed by atoms with Crippen molar-refractivity contribution in [3.63, 3.8) is 0 Å². The van der Waals surface area contributed by atoms with E-state index in [1.165, 1.54) is 3.57 Å². The van der Waals surface area contributed by atoms with Gasteiger partial charge in [-0.2, -0.15) is 0 Å². The topological polar surface area (TPSA) is 38.8 Å². The van der Waals surface area contributed by atoms with Gasteiger partial charge in [0.1, 0.15) is 18.0 Å². The molecule has 2 rings (SSSR count). The molecule has 1 heterocycles. The molecule has 1 aliphatic rings. The number of hydrogen-bond acceptors (Lipinski definition) is 3. The van der Waals surface area contributed by atoms with E-state index in [1.807, 2.05) is 45.0 Å². The molecule has 116 valence electrons. The molecule has 0 saturated carbocycles. The molecule has 0 bridgehead atoms. The number of hydrogen-bond donors (Lipinski definition) is 0. The Kier molecular flexibility index (Phi) is 5.35. The highest BCUT2D eigenvalue weighted by Crippen LogP contribution is 2.22. The van der Waals surface area contributed by atoms with Crippen LogP contribution in [0.3, 0.4) is 0 Å². The van der Waals surface area contributed by atoms with Gasteiger partial charge < -0.3 is 14.4 Å². The predicted molar refractivity (Wildman–Crippen MR) is 90.6 cm³/mol. The first-order chi connectivity index (χ1) is 9.85. The van der Waals surface area contributed by atoms with Crippen LogP contribution < -0.4 is 4.74 Å². The van der Waals surface area contributed by atoms with Crippen molar-refractivity contribution in [1.29, 1.82) is 0 Å². The zero-order valence-electron chi connectivity index (χ0n) is 12.8. The molecule has 1 atom stereocenters. The second kappa shape index (κ2) is 6.85.